The molecule has 3 atom stereocenters. The van der Waals surface area contributed by atoms with E-state index in [-0.39, 0.29) is 12.2 Å². The zero-order chi connectivity index (χ0) is 27.3. The first-order valence-corrected chi connectivity index (χ1v) is 13.3. The van der Waals surface area contributed by atoms with Crippen molar-refractivity contribution in [3.05, 3.63) is 53.6 Å². The molecule has 2 bridgehead atoms. The molecule has 1 amide bonds. The Bertz CT molecular complexity index is 1120. The average Bonchev–Trinajstić information content (AvgIpc) is 3.12. The van der Waals surface area contributed by atoms with Crippen LogP contribution in [0.2, 0.25) is 0 Å². The van der Waals surface area contributed by atoms with Gasteiger partial charge in [0, 0.05) is 31.2 Å². The average molecular weight is 522 g/mol. The van der Waals surface area contributed by atoms with Gasteiger partial charge in [0.2, 0.25) is 0 Å². The number of rotatable bonds is 9. The number of ether oxygens (including phenoxy) is 4. The van der Waals surface area contributed by atoms with Crippen molar-refractivity contribution in [1.82, 2.24) is 9.80 Å². The molecule has 3 unspecified atom stereocenters. The van der Waals surface area contributed by atoms with E-state index in [1.807, 2.05) is 68.1 Å². The Morgan fingerprint density at radius 3 is 2.26 bits per heavy atom. The van der Waals surface area contributed by atoms with Crippen LogP contribution in [0.5, 0.6) is 17.2 Å². The van der Waals surface area contributed by atoms with Gasteiger partial charge in [0.05, 0.1) is 25.9 Å². The number of nitrogens with zero attached hydrogens (tertiary/aromatic N) is 3. The molecule has 2 saturated heterocycles. The minimum absolute atomic E-state index is 0.179. The third kappa shape index (κ3) is 6.70. The molecule has 2 aromatic carbocycles. The number of amides is 1. The molecule has 8 heteroatoms. The molecule has 204 valence electrons. The normalized spacial score (nSPS) is 19.9. The second-order valence-electron chi connectivity index (χ2n) is 11.0. The maximum atomic E-state index is 12.6. The lowest BCUT2D eigenvalue weighted by Gasteiger charge is -2.41. The van der Waals surface area contributed by atoms with E-state index in [2.05, 4.69) is 11.0 Å². The first kappa shape index (κ1) is 27.6. The molecule has 2 aliphatic heterocycles. The number of carbonyl (C=O) groups is 1. The number of methoxy groups -OCH3 is 2. The van der Waals surface area contributed by atoms with Gasteiger partial charge in [-0.1, -0.05) is 12.1 Å². The van der Waals surface area contributed by atoms with Crippen molar-refractivity contribution in [2.24, 2.45) is 0 Å². The summed E-state index contributed by atoms with van der Waals surface area (Å²) in [5.41, 5.74) is 1.16. The van der Waals surface area contributed by atoms with Crippen molar-refractivity contribution in [2.75, 3.05) is 33.9 Å². The van der Waals surface area contributed by atoms with E-state index in [1.165, 1.54) is 0 Å². The van der Waals surface area contributed by atoms with E-state index in [9.17, 15) is 10.1 Å². The van der Waals surface area contributed by atoms with Crippen LogP contribution in [0.3, 0.4) is 0 Å². The number of nitriles is 1. The van der Waals surface area contributed by atoms with Crippen LogP contribution in [0.1, 0.15) is 63.7 Å². The van der Waals surface area contributed by atoms with Crippen LogP contribution >= 0.6 is 0 Å². The number of carbonyl (C=O) groups excluding carboxylic acids is 1. The molecular weight excluding hydrogens is 482 g/mol. The minimum Gasteiger partial charge on any atom is -0.493 e. The molecule has 0 aliphatic carbocycles. The lowest BCUT2D eigenvalue weighted by molar-refractivity contribution is 0.000763. The van der Waals surface area contributed by atoms with Crippen molar-refractivity contribution >= 4 is 6.09 Å². The highest BCUT2D eigenvalue weighted by atomic mass is 16.6. The van der Waals surface area contributed by atoms with Gasteiger partial charge in [-0.2, -0.15) is 5.26 Å². The summed E-state index contributed by atoms with van der Waals surface area (Å²) >= 11 is 0. The van der Waals surface area contributed by atoms with Crippen molar-refractivity contribution in [3.63, 3.8) is 0 Å². The van der Waals surface area contributed by atoms with Gasteiger partial charge in [0.25, 0.3) is 0 Å². The molecule has 4 rings (SSSR count). The van der Waals surface area contributed by atoms with E-state index in [0.29, 0.717) is 48.0 Å². The molecule has 0 spiro atoms. The molecular formula is C30H39N3O5. The second kappa shape index (κ2) is 12.0. The number of piperazine rings is 1. The van der Waals surface area contributed by atoms with E-state index >= 15 is 0 Å². The van der Waals surface area contributed by atoms with Gasteiger partial charge in [-0.15, -0.1) is 0 Å². The van der Waals surface area contributed by atoms with Crippen molar-refractivity contribution in [3.8, 4) is 23.3 Å². The van der Waals surface area contributed by atoms with Gasteiger partial charge < -0.3 is 23.8 Å². The number of fused-ring (bicyclic) bond motifs is 2. The fraction of sp³-hybridized carbons (Fsp3) is 0.533. The number of benzene rings is 2. The molecule has 38 heavy (non-hydrogen) atoms. The monoisotopic (exact) mass is 521 g/mol. The standard InChI is InChI=1S/C30H39N3O5/c1-30(2,3)38-29(34)32-19-23-12-13-24(20-32)33(23)16-6-7-26(22-10-8-21(18-31)9-11-22)37-25-14-15-27(35-4)28(17-25)36-5/h8-11,14-15,17,23-24,26H,6-7,12-13,16,19-20H2,1-5H3. The van der Waals surface area contributed by atoms with Gasteiger partial charge in [-0.3, -0.25) is 4.90 Å². The molecule has 8 nitrogen and oxygen atoms in total. The lowest BCUT2D eigenvalue weighted by atomic mass is 10.0. The molecule has 2 heterocycles. The summed E-state index contributed by atoms with van der Waals surface area (Å²) in [6, 6.07) is 16.1. The van der Waals surface area contributed by atoms with Gasteiger partial charge in [0.1, 0.15) is 17.5 Å². The van der Waals surface area contributed by atoms with Crippen LogP contribution in [0.15, 0.2) is 42.5 Å². The third-order valence-corrected chi connectivity index (χ3v) is 7.21. The maximum absolute atomic E-state index is 12.6. The highest BCUT2D eigenvalue weighted by Gasteiger charge is 2.42. The van der Waals surface area contributed by atoms with Crippen LogP contribution < -0.4 is 14.2 Å². The Hall–Kier alpha value is -3.44. The molecule has 2 aliphatic rings. The van der Waals surface area contributed by atoms with Crippen LogP contribution in [0.25, 0.3) is 0 Å². The quantitative estimate of drug-likeness (QED) is 0.427. The Morgan fingerprint density at radius 2 is 1.68 bits per heavy atom. The minimum atomic E-state index is -0.485. The summed E-state index contributed by atoms with van der Waals surface area (Å²) in [5.74, 6) is 1.96. The Morgan fingerprint density at radius 1 is 1.03 bits per heavy atom. The highest BCUT2D eigenvalue weighted by molar-refractivity contribution is 5.68. The molecule has 0 radical (unpaired) electrons. The molecule has 0 aromatic heterocycles. The predicted octanol–water partition coefficient (Wildman–Crippen LogP) is 5.56. The van der Waals surface area contributed by atoms with Crippen LogP contribution in [0.4, 0.5) is 4.79 Å². The smallest absolute Gasteiger partial charge is 0.410 e. The van der Waals surface area contributed by atoms with Gasteiger partial charge in [-0.25, -0.2) is 4.79 Å². The highest BCUT2D eigenvalue weighted by Crippen LogP contribution is 2.35. The molecule has 0 N–H and O–H groups in total. The van der Waals surface area contributed by atoms with Crippen molar-refractivity contribution in [2.45, 2.75) is 70.2 Å². The topological polar surface area (TPSA) is 84.3 Å². The summed E-state index contributed by atoms with van der Waals surface area (Å²) in [5, 5.41) is 9.21. The summed E-state index contributed by atoms with van der Waals surface area (Å²) in [6.45, 7) is 8.09. The first-order valence-electron chi connectivity index (χ1n) is 13.3. The zero-order valence-electron chi connectivity index (χ0n) is 23.1. The van der Waals surface area contributed by atoms with Gasteiger partial charge >= 0.3 is 6.09 Å². The predicted molar refractivity (Wildman–Crippen MR) is 145 cm³/mol. The molecule has 0 saturated carbocycles. The van der Waals surface area contributed by atoms with E-state index in [0.717, 1.165) is 37.8 Å². The van der Waals surface area contributed by atoms with Gasteiger partial charge in [-0.05, 0) is 82.8 Å². The van der Waals surface area contributed by atoms with Crippen molar-refractivity contribution in [1.29, 1.82) is 5.26 Å². The van der Waals surface area contributed by atoms with Crippen LogP contribution in [0, 0.1) is 11.3 Å². The van der Waals surface area contributed by atoms with E-state index < -0.39 is 5.60 Å². The summed E-state index contributed by atoms with van der Waals surface area (Å²) < 4.78 is 22.9. The third-order valence-electron chi connectivity index (χ3n) is 7.21. The summed E-state index contributed by atoms with van der Waals surface area (Å²) in [4.78, 5) is 17.1. The zero-order valence-corrected chi connectivity index (χ0v) is 23.1. The maximum Gasteiger partial charge on any atom is 0.410 e. The van der Waals surface area contributed by atoms with E-state index in [4.69, 9.17) is 18.9 Å². The van der Waals surface area contributed by atoms with Gasteiger partial charge in [0.15, 0.2) is 11.5 Å². The molecule has 2 fully saturated rings. The number of hydrogen-bond acceptors (Lipinski definition) is 7. The van der Waals surface area contributed by atoms with E-state index in [1.54, 1.807) is 14.2 Å². The SMILES string of the molecule is COc1ccc(OC(CCCN2C3CCC2CN(C(=O)OC(C)(C)C)C3)c2ccc(C#N)cc2)cc1OC. The first-order chi connectivity index (χ1) is 18.2. The van der Waals surface area contributed by atoms with Crippen LogP contribution in [-0.4, -0.2) is 67.4 Å². The van der Waals surface area contributed by atoms with Crippen LogP contribution in [-0.2, 0) is 4.74 Å². The largest absolute Gasteiger partial charge is 0.493 e. The lowest BCUT2D eigenvalue weighted by Crippen LogP contribution is -2.56. The number of likely N-dealkylation sites (tertiary alicyclic amines) is 1. The Labute approximate surface area is 226 Å². The fourth-order valence-electron chi connectivity index (χ4n) is 5.41. The van der Waals surface area contributed by atoms with Crippen molar-refractivity contribution < 1.29 is 23.7 Å². The molecule has 2 aromatic rings. The number of hydrogen-bond donors (Lipinski definition) is 0. The summed E-state index contributed by atoms with van der Waals surface area (Å²) in [6.07, 6.45) is 3.57. The Balaban J connectivity index is 1.41. The Kier molecular flexibility index (Phi) is 8.68. The summed E-state index contributed by atoms with van der Waals surface area (Å²) in [7, 11) is 3.22. The second-order valence-corrected chi connectivity index (χ2v) is 11.0. The fourth-order valence-corrected chi connectivity index (χ4v) is 5.41.